The maximum atomic E-state index is 11.0. The average molecular weight is 212 g/mol. The van der Waals surface area contributed by atoms with Crippen molar-refractivity contribution in [3.63, 3.8) is 0 Å². The van der Waals surface area contributed by atoms with Crippen LogP contribution < -0.4 is 0 Å². The van der Waals surface area contributed by atoms with Crippen LogP contribution in [0.2, 0.25) is 0 Å². The molecule has 0 spiro atoms. The molecule has 5 heteroatoms. The fourth-order valence-electron chi connectivity index (χ4n) is 1.77. The molecule has 14 heavy (non-hydrogen) atoms. The molecule has 0 aliphatic heterocycles. The van der Waals surface area contributed by atoms with Crippen LogP contribution in [0, 0.1) is 0 Å². The fraction of sp³-hybridized carbons (Fsp3) is 0.667. The third-order valence-electron chi connectivity index (χ3n) is 2.65. The minimum absolute atomic E-state index is 0.256. The summed E-state index contributed by atoms with van der Waals surface area (Å²) in [6.07, 6.45) is 2.63. The number of nitrogens with zero attached hydrogens (tertiary/aromatic N) is 2. The molecule has 0 radical (unpaired) electrons. The van der Waals surface area contributed by atoms with Gasteiger partial charge in [0.25, 0.3) is 0 Å². The zero-order valence-corrected chi connectivity index (χ0v) is 8.59. The van der Waals surface area contributed by atoms with Gasteiger partial charge in [-0.3, -0.25) is 4.79 Å². The van der Waals surface area contributed by atoms with Crippen LogP contribution in [0.25, 0.3) is 0 Å². The van der Waals surface area contributed by atoms with Gasteiger partial charge in [-0.25, -0.2) is 0 Å². The van der Waals surface area contributed by atoms with Gasteiger partial charge < -0.3 is 5.11 Å². The lowest BCUT2D eigenvalue weighted by Gasteiger charge is -2.30. The van der Waals surface area contributed by atoms with E-state index in [0.29, 0.717) is 32.1 Å². The van der Waals surface area contributed by atoms with Gasteiger partial charge in [0.1, 0.15) is 5.78 Å². The van der Waals surface area contributed by atoms with E-state index in [9.17, 15) is 9.90 Å². The number of hydrogen-bond acceptors (Lipinski definition) is 5. The van der Waals surface area contributed by atoms with Gasteiger partial charge in [0.2, 0.25) is 0 Å². The van der Waals surface area contributed by atoms with Crippen LogP contribution in [0.5, 0.6) is 0 Å². The molecule has 1 N–H and O–H groups in total. The van der Waals surface area contributed by atoms with E-state index < -0.39 is 5.60 Å². The van der Waals surface area contributed by atoms with Gasteiger partial charge in [0.15, 0.2) is 0 Å². The molecule has 2 rings (SSSR count). The van der Waals surface area contributed by atoms with Crippen LogP contribution in [0.1, 0.15) is 31.4 Å². The number of aliphatic hydroxyl groups is 1. The van der Waals surface area contributed by atoms with Crippen molar-refractivity contribution in [1.82, 2.24) is 9.59 Å². The summed E-state index contributed by atoms with van der Waals surface area (Å²) >= 11 is 1.29. The lowest BCUT2D eigenvalue weighted by Crippen LogP contribution is -2.36. The van der Waals surface area contributed by atoms with Crippen LogP contribution >= 0.6 is 11.5 Å². The van der Waals surface area contributed by atoms with E-state index >= 15 is 0 Å². The Labute approximate surface area is 86.1 Å². The first-order valence-corrected chi connectivity index (χ1v) is 5.52. The largest absolute Gasteiger partial charge is 0.389 e. The topological polar surface area (TPSA) is 63.1 Å². The van der Waals surface area contributed by atoms with Crippen LogP contribution in [-0.2, 0) is 11.2 Å². The number of rotatable bonds is 2. The molecule has 0 amide bonds. The normalized spacial score (nSPS) is 21.1. The lowest BCUT2D eigenvalue weighted by atomic mass is 9.81. The number of Topliss-reactive ketones (excluding diaryl/α,β-unsaturated/α-hetero) is 1. The van der Waals surface area contributed by atoms with Gasteiger partial charge in [0, 0.05) is 24.6 Å². The van der Waals surface area contributed by atoms with Crippen molar-refractivity contribution in [2.75, 3.05) is 0 Å². The van der Waals surface area contributed by atoms with Gasteiger partial charge in [-0.1, -0.05) is 4.49 Å². The molecule has 1 aromatic heterocycles. The monoisotopic (exact) mass is 212 g/mol. The third-order valence-corrected chi connectivity index (χ3v) is 3.21. The number of carbonyl (C=O) groups is 1. The van der Waals surface area contributed by atoms with E-state index in [1.807, 2.05) is 5.38 Å². The number of aromatic nitrogens is 2. The molecule has 1 aromatic rings. The summed E-state index contributed by atoms with van der Waals surface area (Å²) in [6.45, 7) is 0. The second kappa shape index (κ2) is 3.74. The minimum Gasteiger partial charge on any atom is -0.389 e. The molecule has 0 bridgehead atoms. The molecular formula is C9H12N2O2S. The maximum absolute atomic E-state index is 11.0. The van der Waals surface area contributed by atoms with Crippen LogP contribution in [-0.4, -0.2) is 26.1 Å². The second-order valence-corrected chi connectivity index (χ2v) is 4.45. The smallest absolute Gasteiger partial charge is 0.133 e. The maximum Gasteiger partial charge on any atom is 0.133 e. The quantitative estimate of drug-likeness (QED) is 0.793. The molecule has 1 heterocycles. The molecule has 1 aliphatic rings. The molecule has 0 atom stereocenters. The molecule has 1 saturated carbocycles. The minimum atomic E-state index is -0.732. The van der Waals surface area contributed by atoms with Crippen molar-refractivity contribution in [3.8, 4) is 0 Å². The van der Waals surface area contributed by atoms with Gasteiger partial charge in [-0.2, -0.15) is 0 Å². The number of ketones is 1. The highest BCUT2D eigenvalue weighted by atomic mass is 32.1. The molecule has 4 nitrogen and oxygen atoms in total. The Bertz CT molecular complexity index is 314. The van der Waals surface area contributed by atoms with E-state index in [0.717, 1.165) is 5.69 Å². The highest BCUT2D eigenvalue weighted by molar-refractivity contribution is 7.03. The van der Waals surface area contributed by atoms with Crippen molar-refractivity contribution >= 4 is 17.3 Å². The number of carbonyl (C=O) groups excluding carboxylic acids is 1. The summed E-state index contributed by atoms with van der Waals surface area (Å²) in [5, 5.41) is 15.9. The summed E-state index contributed by atoms with van der Waals surface area (Å²) in [7, 11) is 0. The molecule has 76 valence electrons. The Morgan fingerprint density at radius 2 is 2.21 bits per heavy atom. The lowest BCUT2D eigenvalue weighted by molar-refractivity contribution is -0.125. The van der Waals surface area contributed by atoms with Crippen LogP contribution in [0.4, 0.5) is 0 Å². The van der Waals surface area contributed by atoms with Gasteiger partial charge in [-0.05, 0) is 24.4 Å². The fourth-order valence-corrected chi connectivity index (χ4v) is 2.22. The van der Waals surface area contributed by atoms with Crippen molar-refractivity contribution < 1.29 is 9.90 Å². The Balaban J connectivity index is 1.99. The standard InChI is InChI=1S/C9H12N2O2S/c12-8-1-3-9(13,4-2-8)5-7-6-14-11-10-7/h6,13H,1-5H2. The average Bonchev–Trinajstić information content (AvgIpc) is 2.63. The van der Waals surface area contributed by atoms with E-state index in [2.05, 4.69) is 9.59 Å². The van der Waals surface area contributed by atoms with E-state index in [1.54, 1.807) is 0 Å². The van der Waals surface area contributed by atoms with E-state index in [4.69, 9.17) is 0 Å². The first kappa shape index (κ1) is 9.73. The Kier molecular flexibility index (Phi) is 2.60. The van der Waals surface area contributed by atoms with Crippen LogP contribution in [0.15, 0.2) is 5.38 Å². The molecular weight excluding hydrogens is 200 g/mol. The molecule has 0 saturated heterocycles. The molecule has 1 aliphatic carbocycles. The first-order valence-electron chi connectivity index (χ1n) is 4.68. The Hall–Kier alpha value is -0.810. The van der Waals surface area contributed by atoms with Gasteiger partial charge >= 0.3 is 0 Å². The highest BCUT2D eigenvalue weighted by Gasteiger charge is 2.33. The molecule has 0 aromatic carbocycles. The molecule has 0 unspecified atom stereocenters. The second-order valence-electron chi connectivity index (χ2n) is 3.84. The SMILES string of the molecule is O=C1CCC(O)(Cc2csnn2)CC1. The summed E-state index contributed by atoms with van der Waals surface area (Å²) in [5.41, 5.74) is 0.0933. The van der Waals surface area contributed by atoms with Crippen molar-refractivity contribution in [2.45, 2.75) is 37.7 Å². The van der Waals surface area contributed by atoms with E-state index in [1.165, 1.54) is 11.5 Å². The zero-order chi connectivity index (χ0) is 10.0. The van der Waals surface area contributed by atoms with Gasteiger partial charge in [-0.15, -0.1) is 5.10 Å². The summed E-state index contributed by atoms with van der Waals surface area (Å²) in [6, 6.07) is 0. The first-order chi connectivity index (χ1) is 6.68. The third kappa shape index (κ3) is 2.16. The summed E-state index contributed by atoms with van der Waals surface area (Å²) < 4.78 is 3.75. The van der Waals surface area contributed by atoms with Crippen molar-refractivity contribution in [2.24, 2.45) is 0 Å². The van der Waals surface area contributed by atoms with Crippen molar-refractivity contribution in [3.05, 3.63) is 11.1 Å². The van der Waals surface area contributed by atoms with Crippen molar-refractivity contribution in [1.29, 1.82) is 0 Å². The zero-order valence-electron chi connectivity index (χ0n) is 7.77. The Morgan fingerprint density at radius 3 is 2.79 bits per heavy atom. The summed E-state index contributed by atoms with van der Waals surface area (Å²) in [4.78, 5) is 11.0. The summed E-state index contributed by atoms with van der Waals surface area (Å²) in [5.74, 6) is 0.256. The highest BCUT2D eigenvalue weighted by Crippen LogP contribution is 2.29. The van der Waals surface area contributed by atoms with Crippen LogP contribution in [0.3, 0.4) is 0 Å². The molecule has 1 fully saturated rings. The van der Waals surface area contributed by atoms with E-state index in [-0.39, 0.29) is 5.78 Å². The Morgan fingerprint density at radius 1 is 1.50 bits per heavy atom. The predicted molar refractivity (Wildman–Crippen MR) is 52.0 cm³/mol. The number of hydrogen-bond donors (Lipinski definition) is 1. The predicted octanol–water partition coefficient (Wildman–Crippen LogP) is 0.955. The van der Waals surface area contributed by atoms with Gasteiger partial charge in [0.05, 0.1) is 11.3 Å².